The fourth-order valence-electron chi connectivity index (χ4n) is 2.48. The summed E-state index contributed by atoms with van der Waals surface area (Å²) < 4.78 is 10.5. The third kappa shape index (κ3) is 2.69. The number of rotatable bonds is 4. The minimum atomic E-state index is -1.000. The zero-order chi connectivity index (χ0) is 14.8. The maximum absolute atomic E-state index is 12.1. The van der Waals surface area contributed by atoms with E-state index < -0.39 is 12.0 Å². The molecule has 1 amide bonds. The summed E-state index contributed by atoms with van der Waals surface area (Å²) in [4.78, 5) is 24.5. The molecular formula is C15H15NO5. The Labute approximate surface area is 121 Å². The molecule has 0 radical (unpaired) electrons. The number of hydrogen-bond donors (Lipinski definition) is 1. The Morgan fingerprint density at radius 2 is 2.10 bits per heavy atom. The molecule has 1 aromatic carbocycles. The Balaban J connectivity index is 1.60. The fourth-order valence-corrected chi connectivity index (χ4v) is 2.48. The molecule has 21 heavy (non-hydrogen) atoms. The van der Waals surface area contributed by atoms with Crippen LogP contribution in [-0.2, 0) is 16.0 Å². The maximum atomic E-state index is 12.1. The highest BCUT2D eigenvalue weighted by Gasteiger charge is 2.29. The summed E-state index contributed by atoms with van der Waals surface area (Å²) in [6.07, 6.45) is 4.06. The van der Waals surface area contributed by atoms with E-state index in [4.69, 9.17) is 14.6 Å². The number of hydrogen-bond acceptors (Lipinski definition) is 4. The number of ether oxygens (including phenoxy) is 2. The van der Waals surface area contributed by atoms with Crippen molar-refractivity contribution in [2.45, 2.75) is 18.9 Å². The molecule has 3 rings (SSSR count). The van der Waals surface area contributed by atoms with Crippen LogP contribution in [0.4, 0.5) is 0 Å². The summed E-state index contributed by atoms with van der Waals surface area (Å²) in [7, 11) is 0. The molecule has 110 valence electrons. The van der Waals surface area contributed by atoms with Crippen molar-refractivity contribution in [1.82, 2.24) is 4.90 Å². The number of carbonyl (C=O) groups excluding carboxylic acids is 1. The number of carbonyl (C=O) groups is 2. The van der Waals surface area contributed by atoms with Crippen LogP contribution in [0.1, 0.15) is 12.0 Å². The van der Waals surface area contributed by atoms with E-state index in [1.54, 1.807) is 12.2 Å². The first-order valence-electron chi connectivity index (χ1n) is 6.72. The van der Waals surface area contributed by atoms with Crippen molar-refractivity contribution in [3.63, 3.8) is 0 Å². The van der Waals surface area contributed by atoms with Crippen LogP contribution in [-0.4, -0.2) is 41.3 Å². The molecule has 2 aliphatic heterocycles. The topological polar surface area (TPSA) is 76.1 Å². The van der Waals surface area contributed by atoms with Gasteiger partial charge < -0.3 is 19.5 Å². The Kier molecular flexibility index (Phi) is 3.51. The average molecular weight is 289 g/mol. The number of aliphatic carboxylic acids is 1. The first-order valence-corrected chi connectivity index (χ1v) is 6.72. The number of carboxylic acids is 1. The van der Waals surface area contributed by atoms with Gasteiger partial charge in [0.2, 0.25) is 12.7 Å². The lowest BCUT2D eigenvalue weighted by molar-refractivity contribution is -0.146. The van der Waals surface area contributed by atoms with Gasteiger partial charge in [-0.1, -0.05) is 18.2 Å². The van der Waals surface area contributed by atoms with Crippen molar-refractivity contribution < 1.29 is 24.2 Å². The number of carboxylic acid groups (broad SMARTS) is 1. The third-order valence-electron chi connectivity index (χ3n) is 3.59. The van der Waals surface area contributed by atoms with Gasteiger partial charge in [-0.25, -0.2) is 4.79 Å². The number of nitrogens with zero attached hydrogens (tertiary/aromatic N) is 1. The van der Waals surface area contributed by atoms with Gasteiger partial charge in [0.15, 0.2) is 11.5 Å². The summed E-state index contributed by atoms with van der Waals surface area (Å²) in [6, 6.07) is 4.72. The molecule has 0 bridgehead atoms. The Bertz CT molecular complexity index is 610. The van der Waals surface area contributed by atoms with Gasteiger partial charge in [-0.05, 0) is 24.1 Å². The summed E-state index contributed by atoms with van der Waals surface area (Å²) in [5.41, 5.74) is 0.964. The molecule has 0 fully saturated rings. The molecule has 6 heteroatoms. The Morgan fingerprint density at radius 3 is 2.90 bits per heavy atom. The van der Waals surface area contributed by atoms with Crippen molar-refractivity contribution >= 4 is 11.9 Å². The lowest BCUT2D eigenvalue weighted by Gasteiger charge is -2.21. The molecule has 2 aliphatic rings. The lowest BCUT2D eigenvalue weighted by Crippen LogP contribution is -2.40. The van der Waals surface area contributed by atoms with Crippen LogP contribution in [0.5, 0.6) is 11.5 Å². The van der Waals surface area contributed by atoms with Gasteiger partial charge in [-0.3, -0.25) is 4.79 Å². The van der Waals surface area contributed by atoms with E-state index in [1.165, 1.54) is 4.90 Å². The van der Waals surface area contributed by atoms with Gasteiger partial charge in [0.05, 0.1) is 0 Å². The SMILES string of the molecule is O=C(O)C1C=CCN1C(=O)CCc1ccc2c(c1)OCO2. The van der Waals surface area contributed by atoms with Gasteiger partial charge in [0.25, 0.3) is 0 Å². The van der Waals surface area contributed by atoms with Crippen LogP contribution in [0.3, 0.4) is 0 Å². The highest BCUT2D eigenvalue weighted by molar-refractivity contribution is 5.86. The minimum absolute atomic E-state index is 0.162. The predicted molar refractivity (Wildman–Crippen MR) is 73.2 cm³/mol. The quantitative estimate of drug-likeness (QED) is 0.843. The minimum Gasteiger partial charge on any atom is -0.479 e. The van der Waals surface area contributed by atoms with E-state index in [9.17, 15) is 9.59 Å². The smallest absolute Gasteiger partial charge is 0.330 e. The van der Waals surface area contributed by atoms with Gasteiger partial charge in [-0.2, -0.15) is 0 Å². The number of amides is 1. The van der Waals surface area contributed by atoms with E-state index in [0.717, 1.165) is 5.56 Å². The van der Waals surface area contributed by atoms with Crippen molar-refractivity contribution in [3.8, 4) is 11.5 Å². The second-order valence-corrected chi connectivity index (χ2v) is 4.94. The highest BCUT2D eigenvalue weighted by atomic mass is 16.7. The van der Waals surface area contributed by atoms with E-state index in [2.05, 4.69) is 0 Å². The van der Waals surface area contributed by atoms with Gasteiger partial charge in [-0.15, -0.1) is 0 Å². The normalized spacial score (nSPS) is 19.0. The van der Waals surface area contributed by atoms with Crippen LogP contribution in [0, 0.1) is 0 Å². The largest absolute Gasteiger partial charge is 0.479 e. The zero-order valence-corrected chi connectivity index (χ0v) is 11.3. The second kappa shape index (κ2) is 5.47. The van der Waals surface area contributed by atoms with E-state index in [-0.39, 0.29) is 19.1 Å². The van der Waals surface area contributed by atoms with Crippen molar-refractivity contribution in [1.29, 1.82) is 0 Å². The van der Waals surface area contributed by atoms with Crippen molar-refractivity contribution in [2.24, 2.45) is 0 Å². The Hall–Kier alpha value is -2.50. The number of aryl methyl sites for hydroxylation is 1. The van der Waals surface area contributed by atoms with E-state index in [1.807, 2.05) is 18.2 Å². The molecule has 1 unspecified atom stereocenters. The average Bonchev–Trinajstić information content (AvgIpc) is 3.12. The summed E-state index contributed by atoms with van der Waals surface area (Å²) >= 11 is 0. The van der Waals surface area contributed by atoms with Crippen LogP contribution in [0.25, 0.3) is 0 Å². The van der Waals surface area contributed by atoms with Gasteiger partial charge in [0, 0.05) is 13.0 Å². The first kappa shape index (κ1) is 13.5. The molecular weight excluding hydrogens is 274 g/mol. The Morgan fingerprint density at radius 1 is 1.29 bits per heavy atom. The molecule has 1 aromatic rings. The molecule has 1 atom stereocenters. The van der Waals surface area contributed by atoms with Gasteiger partial charge in [0.1, 0.15) is 6.04 Å². The lowest BCUT2D eigenvalue weighted by atomic mass is 10.1. The standard InChI is InChI=1S/C15H15NO5/c17-14(16-7-1-2-11(16)15(18)19)6-4-10-3-5-12-13(8-10)21-9-20-12/h1-3,5,8,11H,4,6-7,9H2,(H,18,19). The molecule has 0 aliphatic carbocycles. The molecule has 0 saturated carbocycles. The van der Waals surface area contributed by atoms with E-state index >= 15 is 0 Å². The fraction of sp³-hybridized carbons (Fsp3) is 0.333. The van der Waals surface area contributed by atoms with Crippen LogP contribution < -0.4 is 9.47 Å². The first-order chi connectivity index (χ1) is 10.1. The number of benzene rings is 1. The molecule has 1 N–H and O–H groups in total. The summed E-state index contributed by atoms with van der Waals surface area (Å²) in [5, 5.41) is 9.05. The third-order valence-corrected chi connectivity index (χ3v) is 3.59. The van der Waals surface area contributed by atoms with Crippen LogP contribution in [0.2, 0.25) is 0 Å². The van der Waals surface area contributed by atoms with Gasteiger partial charge >= 0.3 is 5.97 Å². The van der Waals surface area contributed by atoms with Crippen LogP contribution in [0.15, 0.2) is 30.4 Å². The second-order valence-electron chi connectivity index (χ2n) is 4.94. The molecule has 0 saturated heterocycles. The highest BCUT2D eigenvalue weighted by Crippen LogP contribution is 2.32. The molecule has 6 nitrogen and oxygen atoms in total. The zero-order valence-electron chi connectivity index (χ0n) is 11.3. The summed E-state index contributed by atoms with van der Waals surface area (Å²) in [6.45, 7) is 0.578. The predicted octanol–water partition coefficient (Wildman–Crippen LogP) is 1.20. The maximum Gasteiger partial charge on any atom is 0.330 e. The van der Waals surface area contributed by atoms with Crippen molar-refractivity contribution in [2.75, 3.05) is 13.3 Å². The summed E-state index contributed by atoms with van der Waals surface area (Å²) in [5.74, 6) is 0.233. The monoisotopic (exact) mass is 289 g/mol. The number of fused-ring (bicyclic) bond motifs is 1. The molecule has 2 heterocycles. The molecule has 0 aromatic heterocycles. The van der Waals surface area contributed by atoms with Crippen LogP contribution >= 0.6 is 0 Å². The molecule has 0 spiro atoms. The van der Waals surface area contributed by atoms with Crippen molar-refractivity contribution in [3.05, 3.63) is 35.9 Å². The van der Waals surface area contributed by atoms with E-state index in [0.29, 0.717) is 24.5 Å².